The van der Waals surface area contributed by atoms with Crippen molar-refractivity contribution in [2.75, 3.05) is 10.6 Å². The first-order chi connectivity index (χ1) is 16.5. The maximum absolute atomic E-state index is 13.0. The van der Waals surface area contributed by atoms with Crippen LogP contribution in [-0.2, 0) is 4.79 Å². The third-order valence-electron chi connectivity index (χ3n) is 5.60. The minimum Gasteiger partial charge on any atom is -0.326 e. The molecule has 0 unspecified atom stereocenters. The molecule has 5 nitrogen and oxygen atoms in total. The molecule has 35 heavy (non-hydrogen) atoms. The van der Waals surface area contributed by atoms with E-state index in [4.69, 9.17) is 58.0 Å². The van der Waals surface area contributed by atoms with Crippen molar-refractivity contribution in [1.82, 2.24) is 0 Å². The van der Waals surface area contributed by atoms with Gasteiger partial charge in [-0.3, -0.25) is 9.59 Å². The average molecular weight is 568 g/mol. The minimum absolute atomic E-state index is 0.117. The Hall–Kier alpha value is -2.46. The normalized spacial score (nSPS) is 17.9. The van der Waals surface area contributed by atoms with Gasteiger partial charge < -0.3 is 10.6 Å². The number of nitriles is 1. The van der Waals surface area contributed by atoms with Gasteiger partial charge in [0.05, 0.1) is 27.8 Å². The molecule has 0 bridgehead atoms. The van der Waals surface area contributed by atoms with Crippen LogP contribution in [-0.4, -0.2) is 16.1 Å². The van der Waals surface area contributed by atoms with Crippen LogP contribution in [0.4, 0.5) is 11.4 Å². The Morgan fingerprint density at radius 2 is 1.63 bits per heavy atom. The third kappa shape index (κ3) is 5.38. The summed E-state index contributed by atoms with van der Waals surface area (Å²) in [7, 11) is 0. The zero-order valence-electron chi connectivity index (χ0n) is 18.0. The van der Waals surface area contributed by atoms with Crippen molar-refractivity contribution in [1.29, 1.82) is 5.26 Å². The van der Waals surface area contributed by atoms with E-state index in [1.165, 1.54) is 12.1 Å². The lowest BCUT2D eigenvalue weighted by Crippen LogP contribution is -2.18. The molecular weight excluding hydrogens is 552 g/mol. The predicted molar refractivity (Wildman–Crippen MR) is 141 cm³/mol. The Morgan fingerprint density at radius 1 is 0.943 bits per heavy atom. The summed E-state index contributed by atoms with van der Waals surface area (Å²) in [6.45, 7) is 1.84. The summed E-state index contributed by atoms with van der Waals surface area (Å²) in [4.78, 5) is 25.9. The lowest BCUT2D eigenvalue weighted by molar-refractivity contribution is -0.117. The number of alkyl halides is 2. The van der Waals surface area contributed by atoms with E-state index in [-0.39, 0.29) is 10.6 Å². The smallest absolute Gasteiger partial charge is 0.257 e. The molecule has 0 aromatic heterocycles. The molecule has 1 fully saturated rings. The SMILES string of the molecule is Cc1ccc(C#N)c(NC(=O)c2cc(NC(=O)[C@H]3[C@H](c4cc(Cl)cc(Cl)c4)C3(Cl)Cl)ccc2Cl)c1. The van der Waals surface area contributed by atoms with Crippen molar-refractivity contribution >= 4 is 81.2 Å². The molecule has 2 amide bonds. The second-order valence-corrected chi connectivity index (χ2v) is 10.9. The van der Waals surface area contributed by atoms with Crippen LogP contribution in [0.25, 0.3) is 0 Å². The highest BCUT2D eigenvalue weighted by Gasteiger charge is 2.67. The Balaban J connectivity index is 1.53. The highest BCUT2D eigenvalue weighted by Crippen LogP contribution is 2.65. The third-order valence-corrected chi connectivity index (χ3v) is 7.31. The largest absolute Gasteiger partial charge is 0.326 e. The van der Waals surface area contributed by atoms with Gasteiger partial charge in [0.2, 0.25) is 5.91 Å². The molecule has 2 N–H and O–H groups in total. The first-order valence-corrected chi connectivity index (χ1v) is 12.2. The van der Waals surface area contributed by atoms with Gasteiger partial charge in [0.15, 0.2) is 0 Å². The Bertz CT molecular complexity index is 1380. The second-order valence-electron chi connectivity index (χ2n) is 8.13. The van der Waals surface area contributed by atoms with Crippen LogP contribution in [0.15, 0.2) is 54.6 Å². The Labute approximate surface area is 226 Å². The van der Waals surface area contributed by atoms with Crippen molar-refractivity contribution < 1.29 is 9.59 Å². The molecule has 178 valence electrons. The summed E-state index contributed by atoms with van der Waals surface area (Å²) < 4.78 is -1.34. The number of amides is 2. The summed E-state index contributed by atoms with van der Waals surface area (Å²) in [6, 6.07) is 16.5. The van der Waals surface area contributed by atoms with E-state index in [2.05, 4.69) is 10.6 Å². The molecule has 1 aliphatic carbocycles. The standard InChI is InChI=1S/C25H16Cl5N3O2/c1-12-2-3-13(11-31)20(6-12)33-23(34)18-10-17(4-5-19(18)28)32-24(35)22-21(25(22,29)30)14-7-15(26)9-16(27)8-14/h2-10,21-22H,1H3,(H,32,35)(H,33,34)/t21-,22+/m0/s1. The van der Waals surface area contributed by atoms with Crippen LogP contribution < -0.4 is 10.6 Å². The fourth-order valence-electron chi connectivity index (χ4n) is 3.87. The van der Waals surface area contributed by atoms with Crippen molar-refractivity contribution in [3.8, 4) is 6.07 Å². The van der Waals surface area contributed by atoms with Crippen molar-refractivity contribution in [3.63, 3.8) is 0 Å². The molecule has 0 heterocycles. The average Bonchev–Trinajstić information content (AvgIpc) is 3.36. The van der Waals surface area contributed by atoms with Crippen molar-refractivity contribution in [2.45, 2.75) is 17.2 Å². The topological polar surface area (TPSA) is 82.0 Å². The second kappa shape index (κ2) is 9.89. The molecular formula is C25H16Cl5N3O2. The number of rotatable bonds is 5. The van der Waals surface area contributed by atoms with Crippen molar-refractivity contribution in [2.24, 2.45) is 5.92 Å². The predicted octanol–water partition coefficient (Wildman–Crippen LogP) is 7.61. The number of hydrogen-bond donors (Lipinski definition) is 2. The fraction of sp³-hybridized carbons (Fsp3) is 0.160. The lowest BCUT2D eigenvalue weighted by atomic mass is 10.1. The van der Waals surface area contributed by atoms with Crippen LogP contribution >= 0.6 is 58.0 Å². The van der Waals surface area contributed by atoms with Crippen LogP contribution in [0.5, 0.6) is 0 Å². The summed E-state index contributed by atoms with van der Waals surface area (Å²) >= 11 is 31.2. The number of benzene rings is 3. The molecule has 3 aromatic carbocycles. The highest BCUT2D eigenvalue weighted by atomic mass is 35.5. The molecule has 2 atom stereocenters. The van der Waals surface area contributed by atoms with Crippen LogP contribution in [0.3, 0.4) is 0 Å². The van der Waals surface area contributed by atoms with E-state index in [0.29, 0.717) is 32.5 Å². The Kier molecular flexibility index (Phi) is 7.24. The van der Waals surface area contributed by atoms with E-state index in [9.17, 15) is 14.9 Å². The number of halogens is 5. The molecule has 4 rings (SSSR count). The first-order valence-electron chi connectivity index (χ1n) is 10.3. The molecule has 1 aliphatic rings. The number of carbonyl (C=O) groups is 2. The summed E-state index contributed by atoms with van der Waals surface area (Å²) in [5, 5.41) is 15.7. The summed E-state index contributed by atoms with van der Waals surface area (Å²) in [5.41, 5.74) is 2.64. The zero-order chi connectivity index (χ0) is 25.5. The van der Waals surface area contributed by atoms with Gasteiger partial charge >= 0.3 is 0 Å². The monoisotopic (exact) mass is 565 g/mol. The van der Waals surface area contributed by atoms with Gasteiger partial charge in [-0.1, -0.05) is 40.9 Å². The molecule has 0 radical (unpaired) electrons. The van der Waals surface area contributed by atoms with Crippen LogP contribution in [0.2, 0.25) is 15.1 Å². The maximum atomic E-state index is 13.0. The van der Waals surface area contributed by atoms with Gasteiger partial charge in [0.25, 0.3) is 5.91 Å². The highest BCUT2D eigenvalue weighted by molar-refractivity contribution is 6.53. The first kappa shape index (κ1) is 25.6. The number of aryl methyl sites for hydroxylation is 1. The van der Waals surface area contributed by atoms with E-state index in [1.807, 2.05) is 13.0 Å². The van der Waals surface area contributed by atoms with Gasteiger partial charge in [-0.05, 0) is 66.6 Å². The minimum atomic E-state index is -1.34. The van der Waals surface area contributed by atoms with Crippen molar-refractivity contribution in [3.05, 3.63) is 91.9 Å². The number of anilines is 2. The fourth-order valence-corrected chi connectivity index (χ4v) is 5.44. The van der Waals surface area contributed by atoms with Gasteiger partial charge in [0, 0.05) is 21.7 Å². The molecule has 3 aromatic rings. The molecule has 0 aliphatic heterocycles. The maximum Gasteiger partial charge on any atom is 0.257 e. The lowest BCUT2D eigenvalue weighted by Gasteiger charge is -2.11. The van der Waals surface area contributed by atoms with Gasteiger partial charge in [-0.25, -0.2) is 0 Å². The summed E-state index contributed by atoms with van der Waals surface area (Å²) in [6.07, 6.45) is 0. The number of carbonyl (C=O) groups excluding carboxylic acids is 2. The van der Waals surface area contributed by atoms with Crippen LogP contribution in [0.1, 0.15) is 33.0 Å². The Morgan fingerprint density at radius 3 is 2.29 bits per heavy atom. The van der Waals surface area contributed by atoms with Gasteiger partial charge in [-0.15, -0.1) is 23.2 Å². The summed E-state index contributed by atoms with van der Waals surface area (Å²) in [5.74, 6) is -2.24. The number of hydrogen-bond acceptors (Lipinski definition) is 3. The van der Waals surface area contributed by atoms with Crippen LogP contribution in [0, 0.1) is 24.2 Å². The van der Waals surface area contributed by atoms with E-state index < -0.39 is 28.0 Å². The van der Waals surface area contributed by atoms with Gasteiger partial charge in [0.1, 0.15) is 10.4 Å². The number of nitrogens with one attached hydrogen (secondary N) is 2. The van der Waals surface area contributed by atoms with E-state index >= 15 is 0 Å². The molecule has 0 spiro atoms. The molecule has 0 saturated heterocycles. The van der Waals surface area contributed by atoms with E-state index in [1.54, 1.807) is 42.5 Å². The quantitative estimate of drug-likeness (QED) is 0.312. The molecule has 1 saturated carbocycles. The molecule has 10 heteroatoms. The van der Waals surface area contributed by atoms with Gasteiger partial charge in [-0.2, -0.15) is 5.26 Å². The zero-order valence-corrected chi connectivity index (χ0v) is 21.8. The van der Waals surface area contributed by atoms with E-state index in [0.717, 1.165) is 5.56 Å². The number of nitrogens with zero attached hydrogens (tertiary/aromatic N) is 1.